The highest BCUT2D eigenvalue weighted by Gasteiger charge is 2.31. The Morgan fingerprint density at radius 1 is 1.00 bits per heavy atom. The molecule has 0 saturated carbocycles. The van der Waals surface area contributed by atoms with E-state index in [2.05, 4.69) is 49.2 Å². The van der Waals surface area contributed by atoms with Crippen molar-refractivity contribution >= 4 is 22.5 Å². The molecule has 1 aromatic heterocycles. The second-order valence-electron chi connectivity index (χ2n) is 5.22. The summed E-state index contributed by atoms with van der Waals surface area (Å²) in [5.41, 5.74) is 6.28. The third-order valence-electron chi connectivity index (χ3n) is 4.23. The second kappa shape index (κ2) is 3.64. The van der Waals surface area contributed by atoms with Crippen LogP contribution in [0.5, 0.6) is 0 Å². The number of aromatic nitrogens is 1. The quantitative estimate of drug-likeness (QED) is 0.700. The fraction of sp³-hybridized carbons (Fsp3) is 0.176. The van der Waals surface area contributed by atoms with Crippen molar-refractivity contribution in [1.29, 1.82) is 0 Å². The number of aliphatic imine (C=N–C) groups is 1. The summed E-state index contributed by atoms with van der Waals surface area (Å²) >= 11 is 0. The van der Waals surface area contributed by atoms with E-state index in [0.29, 0.717) is 5.92 Å². The Bertz CT molecular complexity index is 844. The van der Waals surface area contributed by atoms with E-state index in [1.165, 1.54) is 32.9 Å². The molecule has 2 aliphatic rings. The largest absolute Gasteiger partial charge is 0.264 e. The number of nitrogens with zero attached hydrogens (tertiary/aromatic N) is 2. The van der Waals surface area contributed by atoms with Crippen LogP contribution in [0.3, 0.4) is 0 Å². The topological polar surface area (TPSA) is 25.2 Å². The number of rotatable bonds is 0. The lowest BCUT2D eigenvalue weighted by Crippen LogP contribution is -2.37. The van der Waals surface area contributed by atoms with Crippen molar-refractivity contribution in [2.75, 3.05) is 0 Å². The Morgan fingerprint density at radius 3 is 2.74 bits per heavy atom. The predicted octanol–water partition coefficient (Wildman–Crippen LogP) is 2.31. The first-order chi connectivity index (χ1) is 9.27. The van der Waals surface area contributed by atoms with Gasteiger partial charge in [-0.2, -0.15) is 0 Å². The number of hydrogen-bond donors (Lipinski definition) is 0. The molecule has 4 rings (SSSR count). The van der Waals surface area contributed by atoms with Crippen LogP contribution in [-0.2, 0) is 0 Å². The lowest BCUT2D eigenvalue weighted by atomic mass is 9.81. The lowest BCUT2D eigenvalue weighted by Gasteiger charge is -2.21. The van der Waals surface area contributed by atoms with E-state index in [1.807, 2.05) is 12.4 Å². The summed E-state index contributed by atoms with van der Waals surface area (Å²) in [6, 6.07) is 10.5. The highest BCUT2D eigenvalue weighted by Crippen LogP contribution is 2.42. The van der Waals surface area contributed by atoms with Gasteiger partial charge >= 0.3 is 0 Å². The van der Waals surface area contributed by atoms with Crippen LogP contribution in [0.15, 0.2) is 47.7 Å². The number of pyridine rings is 1. The zero-order valence-corrected chi connectivity index (χ0v) is 11.0. The van der Waals surface area contributed by atoms with Gasteiger partial charge in [0.15, 0.2) is 0 Å². The van der Waals surface area contributed by atoms with Gasteiger partial charge in [-0.25, -0.2) is 0 Å². The standard InChI is InChI=1S/C17H14N2/c1-10-14-9-18-8-7-12(14)11(2)17-16(10)13-5-3-4-6-15(13)19-17/h3-9,16H,1-2H3/t16-/m1/s1. The summed E-state index contributed by atoms with van der Waals surface area (Å²) in [6.45, 7) is 4.37. The minimum absolute atomic E-state index is 0.313. The maximum absolute atomic E-state index is 4.84. The minimum atomic E-state index is 0.313. The molecule has 2 aromatic rings. The Morgan fingerprint density at radius 2 is 1.84 bits per heavy atom. The Labute approximate surface area is 111 Å². The van der Waals surface area contributed by atoms with Crippen LogP contribution in [0.4, 0.5) is 5.69 Å². The number of hydrogen-bond acceptors (Lipinski definition) is 2. The maximum Gasteiger partial charge on any atom is 0.0675 e. The molecule has 2 heterocycles. The molecule has 0 N–H and O–H groups in total. The van der Waals surface area contributed by atoms with Gasteiger partial charge in [-0.3, -0.25) is 9.98 Å². The molecule has 19 heavy (non-hydrogen) atoms. The van der Waals surface area contributed by atoms with Crippen molar-refractivity contribution in [3.63, 3.8) is 0 Å². The third-order valence-corrected chi connectivity index (χ3v) is 4.23. The molecule has 0 spiro atoms. The van der Waals surface area contributed by atoms with Gasteiger partial charge in [-0.1, -0.05) is 23.8 Å². The summed E-state index contributed by atoms with van der Waals surface area (Å²) in [6.07, 6.45) is 3.84. The van der Waals surface area contributed by atoms with E-state index >= 15 is 0 Å². The Kier molecular flexibility index (Phi) is 2.05. The summed E-state index contributed by atoms with van der Waals surface area (Å²) in [4.78, 5) is 9.12. The third kappa shape index (κ3) is 1.31. The highest BCUT2D eigenvalue weighted by molar-refractivity contribution is 6.27. The van der Waals surface area contributed by atoms with Crippen LogP contribution in [0, 0.1) is 0 Å². The van der Waals surface area contributed by atoms with E-state index in [1.54, 1.807) is 0 Å². The van der Waals surface area contributed by atoms with Crippen LogP contribution in [0.2, 0.25) is 0 Å². The van der Waals surface area contributed by atoms with Crippen LogP contribution < -0.4 is 10.4 Å². The summed E-state index contributed by atoms with van der Waals surface area (Å²) < 4.78 is 0. The maximum atomic E-state index is 4.84. The molecule has 0 unspecified atom stereocenters. The van der Waals surface area contributed by atoms with Crippen LogP contribution in [0.1, 0.15) is 25.3 Å². The Balaban J connectivity index is 2.15. The van der Waals surface area contributed by atoms with Crippen molar-refractivity contribution in [3.05, 3.63) is 58.7 Å². The zero-order chi connectivity index (χ0) is 13.0. The molecule has 92 valence electrons. The first kappa shape index (κ1) is 10.7. The SMILES string of the molecule is CC1=c2ccncc2=C(C)[C@H]2C1=Nc1ccccc12. The van der Waals surface area contributed by atoms with Gasteiger partial charge in [0.05, 0.1) is 17.3 Å². The fourth-order valence-electron chi connectivity index (χ4n) is 3.24. The monoisotopic (exact) mass is 246 g/mol. The molecule has 0 fully saturated rings. The summed E-state index contributed by atoms with van der Waals surface area (Å²) in [7, 11) is 0. The summed E-state index contributed by atoms with van der Waals surface area (Å²) in [5, 5.41) is 2.54. The molecule has 1 aliphatic heterocycles. The van der Waals surface area contributed by atoms with Gasteiger partial charge in [-0.15, -0.1) is 0 Å². The average molecular weight is 246 g/mol. The second-order valence-corrected chi connectivity index (χ2v) is 5.22. The van der Waals surface area contributed by atoms with Crippen molar-refractivity contribution in [1.82, 2.24) is 4.98 Å². The zero-order valence-electron chi connectivity index (χ0n) is 11.0. The van der Waals surface area contributed by atoms with E-state index in [9.17, 15) is 0 Å². The van der Waals surface area contributed by atoms with Gasteiger partial charge in [0.2, 0.25) is 0 Å². The molecule has 1 aromatic carbocycles. The predicted molar refractivity (Wildman–Crippen MR) is 77.9 cm³/mol. The van der Waals surface area contributed by atoms with Gasteiger partial charge in [0.25, 0.3) is 0 Å². The van der Waals surface area contributed by atoms with E-state index < -0.39 is 0 Å². The molecule has 0 bridgehead atoms. The molecule has 2 heteroatoms. The van der Waals surface area contributed by atoms with Crippen LogP contribution >= 0.6 is 0 Å². The minimum Gasteiger partial charge on any atom is -0.264 e. The molecule has 0 amide bonds. The van der Waals surface area contributed by atoms with E-state index in [0.717, 1.165) is 5.69 Å². The van der Waals surface area contributed by atoms with Gasteiger partial charge in [0.1, 0.15) is 0 Å². The van der Waals surface area contributed by atoms with Crippen molar-refractivity contribution in [2.45, 2.75) is 19.8 Å². The molecule has 1 atom stereocenters. The van der Waals surface area contributed by atoms with Crippen molar-refractivity contribution in [3.8, 4) is 0 Å². The highest BCUT2D eigenvalue weighted by atomic mass is 14.8. The smallest absolute Gasteiger partial charge is 0.0675 e. The van der Waals surface area contributed by atoms with Gasteiger partial charge in [-0.05, 0) is 42.3 Å². The summed E-state index contributed by atoms with van der Waals surface area (Å²) in [5.74, 6) is 0.313. The first-order valence-corrected chi connectivity index (χ1v) is 6.57. The van der Waals surface area contributed by atoms with E-state index in [4.69, 9.17) is 4.99 Å². The molecule has 0 saturated heterocycles. The van der Waals surface area contributed by atoms with Crippen LogP contribution in [0.25, 0.3) is 11.1 Å². The average Bonchev–Trinajstić information content (AvgIpc) is 2.84. The van der Waals surface area contributed by atoms with Gasteiger partial charge in [0, 0.05) is 17.6 Å². The molecule has 2 nitrogen and oxygen atoms in total. The van der Waals surface area contributed by atoms with Crippen molar-refractivity contribution in [2.24, 2.45) is 4.99 Å². The number of para-hydroxylation sites is 1. The number of benzene rings is 1. The first-order valence-electron chi connectivity index (χ1n) is 6.57. The molecule has 1 aliphatic carbocycles. The Hall–Kier alpha value is -2.22. The number of fused-ring (bicyclic) bond motifs is 4. The molecular formula is C17H14N2. The lowest BCUT2D eigenvalue weighted by molar-refractivity contribution is 1.13. The van der Waals surface area contributed by atoms with Crippen molar-refractivity contribution < 1.29 is 0 Å². The molecular weight excluding hydrogens is 232 g/mol. The fourth-order valence-corrected chi connectivity index (χ4v) is 3.24. The van der Waals surface area contributed by atoms with E-state index in [-0.39, 0.29) is 0 Å². The molecule has 0 radical (unpaired) electrons. The normalized spacial score (nSPS) is 19.7. The van der Waals surface area contributed by atoms with Crippen LogP contribution in [-0.4, -0.2) is 10.7 Å². The van der Waals surface area contributed by atoms with Gasteiger partial charge < -0.3 is 0 Å².